The third kappa shape index (κ3) is 5.23. The van der Waals surface area contributed by atoms with E-state index >= 15 is 0 Å². The largest absolute Gasteiger partial charge is 0.338 e. The van der Waals surface area contributed by atoms with Crippen molar-refractivity contribution < 1.29 is 14.1 Å². The molecule has 35 heavy (non-hydrogen) atoms. The van der Waals surface area contributed by atoms with Crippen molar-refractivity contribution in [1.82, 2.24) is 15.0 Å². The van der Waals surface area contributed by atoms with E-state index in [1.807, 2.05) is 48.2 Å². The molecule has 2 aliphatic heterocycles. The average Bonchev–Trinajstić information content (AvgIpc) is 3.50. The van der Waals surface area contributed by atoms with Crippen LogP contribution >= 0.6 is 11.6 Å². The molecule has 0 spiro atoms. The molecule has 8 nitrogen and oxygen atoms in total. The van der Waals surface area contributed by atoms with E-state index in [1.54, 1.807) is 6.07 Å². The van der Waals surface area contributed by atoms with Crippen LogP contribution in [-0.2, 0) is 16.1 Å². The van der Waals surface area contributed by atoms with Crippen molar-refractivity contribution in [3.8, 4) is 11.4 Å². The van der Waals surface area contributed by atoms with Gasteiger partial charge in [0.15, 0.2) is 0 Å². The van der Waals surface area contributed by atoms with Gasteiger partial charge in [0, 0.05) is 35.8 Å². The molecular weight excluding hydrogens is 466 g/mol. The summed E-state index contributed by atoms with van der Waals surface area (Å²) in [5.41, 5.74) is 3.39. The minimum Gasteiger partial charge on any atom is -0.338 e. The van der Waals surface area contributed by atoms with Crippen LogP contribution in [0.2, 0.25) is 5.02 Å². The molecule has 3 aromatic rings. The van der Waals surface area contributed by atoms with Gasteiger partial charge in [-0.25, -0.2) is 0 Å². The second-order valence-electron chi connectivity index (χ2n) is 9.18. The van der Waals surface area contributed by atoms with Crippen LogP contribution < -0.4 is 10.2 Å². The van der Waals surface area contributed by atoms with Crippen molar-refractivity contribution in [2.24, 2.45) is 5.92 Å². The van der Waals surface area contributed by atoms with Gasteiger partial charge in [0.1, 0.15) is 0 Å². The summed E-state index contributed by atoms with van der Waals surface area (Å²) >= 11 is 6.23. The lowest BCUT2D eigenvalue weighted by Gasteiger charge is -2.30. The third-order valence-electron chi connectivity index (χ3n) is 6.74. The highest BCUT2D eigenvalue weighted by Gasteiger charge is 2.27. The van der Waals surface area contributed by atoms with Crippen LogP contribution in [-0.4, -0.2) is 46.5 Å². The van der Waals surface area contributed by atoms with E-state index in [4.69, 9.17) is 16.1 Å². The Morgan fingerprint density at radius 2 is 1.97 bits per heavy atom. The molecule has 0 aliphatic carbocycles. The van der Waals surface area contributed by atoms with Crippen molar-refractivity contribution in [2.75, 3.05) is 29.9 Å². The first-order valence-electron chi connectivity index (χ1n) is 12.0. The molecule has 2 aliphatic rings. The van der Waals surface area contributed by atoms with Crippen LogP contribution in [0, 0.1) is 12.8 Å². The van der Waals surface area contributed by atoms with E-state index in [9.17, 15) is 9.59 Å². The SMILES string of the molecule is Cc1ccc(NC(=O)C2CCN(Cc3nc(-c4ccccc4Cl)no3)CC2)cc1N1CCCC1=O. The number of halogens is 1. The van der Waals surface area contributed by atoms with Gasteiger partial charge in [-0.05, 0) is 69.1 Å². The number of benzene rings is 2. The van der Waals surface area contributed by atoms with Gasteiger partial charge < -0.3 is 14.7 Å². The van der Waals surface area contributed by atoms with Crippen LogP contribution in [0.15, 0.2) is 47.0 Å². The molecule has 2 aromatic carbocycles. The molecular formula is C26H28ClN5O3. The summed E-state index contributed by atoms with van der Waals surface area (Å²) < 4.78 is 5.43. The topological polar surface area (TPSA) is 91.6 Å². The minimum atomic E-state index is -0.0641. The van der Waals surface area contributed by atoms with E-state index in [1.165, 1.54) is 0 Å². The van der Waals surface area contributed by atoms with Gasteiger partial charge in [-0.2, -0.15) is 4.98 Å². The summed E-state index contributed by atoms with van der Waals surface area (Å²) in [6.07, 6.45) is 2.96. The highest BCUT2D eigenvalue weighted by molar-refractivity contribution is 6.33. The van der Waals surface area contributed by atoms with Gasteiger partial charge in [-0.15, -0.1) is 0 Å². The first-order valence-corrected chi connectivity index (χ1v) is 12.4. The summed E-state index contributed by atoms with van der Waals surface area (Å²) in [6.45, 7) is 4.79. The summed E-state index contributed by atoms with van der Waals surface area (Å²) in [7, 11) is 0. The fraction of sp³-hybridized carbons (Fsp3) is 0.385. The number of aryl methyl sites for hydroxylation is 1. The first-order chi connectivity index (χ1) is 17.0. The molecule has 0 bridgehead atoms. The maximum atomic E-state index is 12.9. The van der Waals surface area contributed by atoms with Crippen LogP contribution in [0.1, 0.15) is 37.1 Å². The molecule has 2 saturated heterocycles. The van der Waals surface area contributed by atoms with Gasteiger partial charge in [-0.3, -0.25) is 14.5 Å². The van der Waals surface area contributed by atoms with E-state index < -0.39 is 0 Å². The van der Waals surface area contributed by atoms with Crippen LogP contribution in [0.4, 0.5) is 11.4 Å². The van der Waals surface area contributed by atoms with Crippen molar-refractivity contribution in [3.05, 3.63) is 58.9 Å². The summed E-state index contributed by atoms with van der Waals surface area (Å²) in [6, 6.07) is 13.2. The van der Waals surface area contributed by atoms with E-state index in [-0.39, 0.29) is 17.7 Å². The number of nitrogens with one attached hydrogen (secondary N) is 1. The van der Waals surface area contributed by atoms with Crippen LogP contribution in [0.5, 0.6) is 0 Å². The van der Waals surface area contributed by atoms with Gasteiger partial charge in [0.25, 0.3) is 0 Å². The molecule has 1 aromatic heterocycles. The standard InChI is InChI=1S/C26H28ClN5O3/c1-17-8-9-19(15-22(17)32-12-4-7-24(32)33)28-26(34)18-10-13-31(14-11-18)16-23-29-25(30-35-23)20-5-2-3-6-21(20)27/h2-3,5-6,8-9,15,18H,4,7,10-14,16H2,1H3,(H,28,34). The smallest absolute Gasteiger partial charge is 0.241 e. The van der Waals surface area contributed by atoms with E-state index in [0.717, 1.165) is 61.4 Å². The Labute approximate surface area is 209 Å². The number of hydrogen-bond acceptors (Lipinski definition) is 6. The van der Waals surface area contributed by atoms with Gasteiger partial charge >= 0.3 is 0 Å². The zero-order chi connectivity index (χ0) is 24.4. The molecule has 9 heteroatoms. The quantitative estimate of drug-likeness (QED) is 0.536. The average molecular weight is 494 g/mol. The predicted molar refractivity (Wildman–Crippen MR) is 134 cm³/mol. The zero-order valence-electron chi connectivity index (χ0n) is 19.7. The molecule has 2 amide bonds. The van der Waals surface area contributed by atoms with Crippen molar-refractivity contribution >= 4 is 34.8 Å². The van der Waals surface area contributed by atoms with Crippen molar-refractivity contribution in [1.29, 1.82) is 0 Å². The van der Waals surface area contributed by atoms with Crippen LogP contribution in [0.25, 0.3) is 11.4 Å². The minimum absolute atomic E-state index is 0.0194. The Morgan fingerprint density at radius 1 is 1.17 bits per heavy atom. The summed E-state index contributed by atoms with van der Waals surface area (Å²) in [5.74, 6) is 1.11. The second-order valence-corrected chi connectivity index (χ2v) is 9.59. The Kier molecular flexibility index (Phi) is 6.83. The molecule has 182 valence electrons. The molecule has 3 heterocycles. The fourth-order valence-corrected chi connectivity index (χ4v) is 4.96. The number of rotatable bonds is 6. The number of aromatic nitrogens is 2. The van der Waals surface area contributed by atoms with Gasteiger partial charge in [-0.1, -0.05) is 35.0 Å². The molecule has 0 atom stereocenters. The Morgan fingerprint density at radius 3 is 2.71 bits per heavy atom. The molecule has 0 saturated carbocycles. The summed E-state index contributed by atoms with van der Waals surface area (Å²) in [5, 5.41) is 7.71. The van der Waals surface area contributed by atoms with Gasteiger partial charge in [0.05, 0.1) is 11.6 Å². The number of likely N-dealkylation sites (tertiary alicyclic amines) is 1. The lowest BCUT2D eigenvalue weighted by atomic mass is 9.95. The maximum absolute atomic E-state index is 12.9. The third-order valence-corrected chi connectivity index (χ3v) is 7.07. The molecule has 1 N–H and O–H groups in total. The normalized spacial score (nSPS) is 17.2. The number of carbonyl (C=O) groups is 2. The number of carbonyl (C=O) groups excluding carboxylic acids is 2. The Bertz CT molecular complexity index is 1240. The number of amides is 2. The lowest BCUT2D eigenvalue weighted by molar-refractivity contribution is -0.121. The lowest BCUT2D eigenvalue weighted by Crippen LogP contribution is -2.37. The van der Waals surface area contributed by atoms with E-state index in [0.29, 0.717) is 29.7 Å². The number of anilines is 2. The maximum Gasteiger partial charge on any atom is 0.241 e. The molecule has 5 rings (SSSR count). The molecule has 0 radical (unpaired) electrons. The highest BCUT2D eigenvalue weighted by atomic mass is 35.5. The Hall–Kier alpha value is -3.23. The second kappa shape index (κ2) is 10.2. The number of piperidine rings is 1. The van der Waals surface area contributed by atoms with Crippen molar-refractivity contribution in [2.45, 2.75) is 39.2 Å². The predicted octanol–water partition coefficient (Wildman–Crippen LogP) is 4.68. The molecule has 0 unspecified atom stereocenters. The fourth-order valence-electron chi connectivity index (χ4n) is 4.74. The monoisotopic (exact) mass is 493 g/mol. The zero-order valence-corrected chi connectivity index (χ0v) is 20.4. The Balaban J connectivity index is 1.15. The first kappa shape index (κ1) is 23.5. The van der Waals surface area contributed by atoms with Gasteiger partial charge in [0.2, 0.25) is 23.5 Å². The number of nitrogens with zero attached hydrogens (tertiary/aromatic N) is 4. The van der Waals surface area contributed by atoms with E-state index in [2.05, 4.69) is 20.4 Å². The van der Waals surface area contributed by atoms with Crippen molar-refractivity contribution in [3.63, 3.8) is 0 Å². The molecule has 2 fully saturated rings. The van der Waals surface area contributed by atoms with Crippen LogP contribution in [0.3, 0.4) is 0 Å². The highest BCUT2D eigenvalue weighted by Crippen LogP contribution is 2.29. The summed E-state index contributed by atoms with van der Waals surface area (Å²) in [4.78, 5) is 33.6. The number of hydrogen-bond donors (Lipinski definition) is 1.